The van der Waals surface area contributed by atoms with Gasteiger partial charge in [0.15, 0.2) is 0 Å². The molecular formula is C20H24N2O5. The van der Waals surface area contributed by atoms with Gasteiger partial charge in [-0.1, -0.05) is 17.9 Å². The molecule has 1 aromatic rings. The summed E-state index contributed by atoms with van der Waals surface area (Å²) in [6.07, 6.45) is 0.207. The molecule has 27 heavy (non-hydrogen) atoms. The Morgan fingerprint density at radius 1 is 1.37 bits per heavy atom. The van der Waals surface area contributed by atoms with Crippen molar-refractivity contribution in [3.05, 3.63) is 29.3 Å². The Morgan fingerprint density at radius 2 is 2.11 bits per heavy atom. The number of benzene rings is 1. The van der Waals surface area contributed by atoms with Crippen molar-refractivity contribution in [1.29, 1.82) is 0 Å². The van der Waals surface area contributed by atoms with E-state index < -0.39 is 23.6 Å². The number of carbonyl (C=O) groups excluding carboxylic acids is 2. The van der Waals surface area contributed by atoms with Gasteiger partial charge in [-0.05, 0) is 44.9 Å². The second kappa shape index (κ2) is 8.58. The summed E-state index contributed by atoms with van der Waals surface area (Å²) in [6.45, 7) is 5.77. The number of nitrogens with one attached hydrogen (secondary N) is 2. The van der Waals surface area contributed by atoms with Crippen molar-refractivity contribution >= 4 is 23.7 Å². The van der Waals surface area contributed by atoms with E-state index in [0.29, 0.717) is 25.1 Å². The van der Waals surface area contributed by atoms with Crippen LogP contribution in [0.15, 0.2) is 18.2 Å². The maximum absolute atomic E-state index is 12.0. The molecule has 1 heterocycles. The van der Waals surface area contributed by atoms with Gasteiger partial charge >= 0.3 is 12.1 Å². The molecule has 0 spiro atoms. The lowest BCUT2D eigenvalue weighted by Gasteiger charge is -2.23. The van der Waals surface area contributed by atoms with Crippen LogP contribution in [-0.4, -0.2) is 35.2 Å². The zero-order chi connectivity index (χ0) is 20.0. The van der Waals surface area contributed by atoms with Gasteiger partial charge in [0.2, 0.25) is 5.91 Å². The summed E-state index contributed by atoms with van der Waals surface area (Å²) in [5, 5.41) is 14.3. The van der Waals surface area contributed by atoms with E-state index in [-0.39, 0.29) is 12.3 Å². The summed E-state index contributed by atoms with van der Waals surface area (Å²) in [7, 11) is 0. The summed E-state index contributed by atoms with van der Waals surface area (Å²) in [4.78, 5) is 34.3. The van der Waals surface area contributed by atoms with Gasteiger partial charge in [0.1, 0.15) is 5.60 Å². The highest BCUT2D eigenvalue weighted by Crippen LogP contribution is 2.28. The lowest BCUT2D eigenvalue weighted by molar-refractivity contribution is -0.140. The molecule has 1 aliphatic rings. The Morgan fingerprint density at radius 3 is 2.78 bits per heavy atom. The van der Waals surface area contributed by atoms with E-state index in [9.17, 15) is 14.4 Å². The fourth-order valence-electron chi connectivity index (χ4n) is 2.62. The van der Waals surface area contributed by atoms with Crippen LogP contribution >= 0.6 is 0 Å². The molecule has 1 aromatic carbocycles. The number of alkyl carbamates (subject to hydrolysis) is 1. The average molecular weight is 372 g/mol. The number of hydrogen-bond donors (Lipinski definition) is 3. The number of hydrogen-bond acceptors (Lipinski definition) is 4. The molecule has 0 radical (unpaired) electrons. The van der Waals surface area contributed by atoms with Crippen LogP contribution in [0.1, 0.15) is 44.7 Å². The third kappa shape index (κ3) is 6.66. The average Bonchev–Trinajstić information content (AvgIpc) is 2.53. The van der Waals surface area contributed by atoms with E-state index >= 15 is 0 Å². The van der Waals surface area contributed by atoms with Crippen molar-refractivity contribution in [3.63, 3.8) is 0 Å². The summed E-state index contributed by atoms with van der Waals surface area (Å²) in [5.41, 5.74) is 1.77. The van der Waals surface area contributed by atoms with E-state index in [0.717, 1.165) is 11.1 Å². The van der Waals surface area contributed by atoms with E-state index in [2.05, 4.69) is 22.5 Å². The molecule has 144 valence electrons. The van der Waals surface area contributed by atoms with Gasteiger partial charge in [-0.2, -0.15) is 0 Å². The summed E-state index contributed by atoms with van der Waals surface area (Å²) in [6, 6.07) is 5.47. The molecule has 0 saturated heterocycles. The van der Waals surface area contributed by atoms with Gasteiger partial charge in [0, 0.05) is 24.2 Å². The van der Waals surface area contributed by atoms with Crippen molar-refractivity contribution < 1.29 is 24.2 Å². The lowest BCUT2D eigenvalue weighted by Crippen LogP contribution is -2.32. The first kappa shape index (κ1) is 20.3. The Bertz CT molecular complexity index is 799. The summed E-state index contributed by atoms with van der Waals surface area (Å²) >= 11 is 0. The standard InChI is InChI=1S/C20H24N2O5/c1-20(2,3)27-19(26)21-9-5-4-6-13-7-8-14-11-15(12-17(23)24)18(25)22-16(14)10-13/h7-8,10,15H,5,9,11-12H2,1-3H3,(H,21,26)(H,22,25)(H,23,24). The van der Waals surface area contributed by atoms with Crippen molar-refractivity contribution in [1.82, 2.24) is 5.32 Å². The molecule has 1 unspecified atom stereocenters. The van der Waals surface area contributed by atoms with Crippen molar-refractivity contribution in [3.8, 4) is 11.8 Å². The number of amides is 2. The second-order valence-corrected chi connectivity index (χ2v) is 7.34. The van der Waals surface area contributed by atoms with E-state index in [1.807, 2.05) is 12.1 Å². The first-order chi connectivity index (χ1) is 12.6. The van der Waals surface area contributed by atoms with Gasteiger partial charge < -0.3 is 20.5 Å². The smallest absolute Gasteiger partial charge is 0.407 e. The lowest BCUT2D eigenvalue weighted by atomic mass is 9.90. The molecule has 7 nitrogen and oxygen atoms in total. The molecule has 0 saturated carbocycles. The predicted octanol–water partition coefficient (Wildman–Crippen LogP) is 2.54. The highest BCUT2D eigenvalue weighted by molar-refractivity contribution is 5.97. The van der Waals surface area contributed by atoms with Crippen LogP contribution in [-0.2, 0) is 20.7 Å². The number of anilines is 1. The number of fused-ring (bicyclic) bond motifs is 1. The van der Waals surface area contributed by atoms with Gasteiger partial charge in [-0.3, -0.25) is 9.59 Å². The molecule has 1 aliphatic heterocycles. The molecular weight excluding hydrogens is 348 g/mol. The maximum atomic E-state index is 12.0. The molecule has 1 atom stereocenters. The van der Waals surface area contributed by atoms with Crippen molar-refractivity contribution in [2.75, 3.05) is 11.9 Å². The van der Waals surface area contributed by atoms with Gasteiger partial charge in [-0.25, -0.2) is 4.79 Å². The molecule has 0 bridgehead atoms. The van der Waals surface area contributed by atoms with E-state index in [1.54, 1.807) is 26.8 Å². The fourth-order valence-corrected chi connectivity index (χ4v) is 2.62. The second-order valence-electron chi connectivity index (χ2n) is 7.34. The number of ether oxygens (including phenoxy) is 1. The Kier molecular flexibility index (Phi) is 6.45. The Balaban J connectivity index is 1.89. The van der Waals surface area contributed by atoms with Crippen molar-refractivity contribution in [2.45, 2.75) is 45.6 Å². The SMILES string of the molecule is CC(C)(C)OC(=O)NCCC#Cc1ccc2c(c1)NC(=O)C(CC(=O)O)C2. The van der Waals surface area contributed by atoms with Crippen molar-refractivity contribution in [2.24, 2.45) is 5.92 Å². The molecule has 0 fully saturated rings. The maximum Gasteiger partial charge on any atom is 0.407 e. The van der Waals surface area contributed by atoms with Crippen LogP contribution in [0.4, 0.5) is 10.5 Å². The molecule has 7 heteroatoms. The normalized spacial score (nSPS) is 15.7. The number of carbonyl (C=O) groups is 3. The summed E-state index contributed by atoms with van der Waals surface area (Å²) < 4.78 is 5.13. The van der Waals surface area contributed by atoms with Gasteiger partial charge in [-0.15, -0.1) is 0 Å². The van der Waals surface area contributed by atoms with Crippen LogP contribution < -0.4 is 10.6 Å². The monoisotopic (exact) mass is 372 g/mol. The van der Waals surface area contributed by atoms with Crippen LogP contribution in [0, 0.1) is 17.8 Å². The van der Waals surface area contributed by atoms with Crippen LogP contribution in [0.3, 0.4) is 0 Å². The van der Waals surface area contributed by atoms with Gasteiger partial charge in [0.25, 0.3) is 0 Å². The number of carboxylic acids is 1. The van der Waals surface area contributed by atoms with Gasteiger partial charge in [0.05, 0.1) is 12.3 Å². The van der Waals surface area contributed by atoms with E-state index in [1.165, 1.54) is 0 Å². The van der Waals surface area contributed by atoms with Crippen LogP contribution in [0.2, 0.25) is 0 Å². The predicted molar refractivity (Wildman–Crippen MR) is 100 cm³/mol. The topological polar surface area (TPSA) is 105 Å². The molecule has 3 N–H and O–H groups in total. The molecule has 0 aromatic heterocycles. The molecule has 2 rings (SSSR count). The third-order valence-corrected chi connectivity index (χ3v) is 3.78. The largest absolute Gasteiger partial charge is 0.481 e. The number of rotatable bonds is 4. The number of aliphatic carboxylic acids is 1. The minimum absolute atomic E-state index is 0.183. The zero-order valence-electron chi connectivity index (χ0n) is 15.7. The Labute approximate surface area is 158 Å². The zero-order valence-corrected chi connectivity index (χ0v) is 15.7. The minimum Gasteiger partial charge on any atom is -0.481 e. The van der Waals surface area contributed by atoms with E-state index in [4.69, 9.17) is 9.84 Å². The first-order valence-corrected chi connectivity index (χ1v) is 8.75. The quantitative estimate of drug-likeness (QED) is 0.556. The highest BCUT2D eigenvalue weighted by Gasteiger charge is 2.28. The third-order valence-electron chi connectivity index (χ3n) is 3.78. The highest BCUT2D eigenvalue weighted by atomic mass is 16.6. The number of carboxylic acid groups (broad SMARTS) is 1. The summed E-state index contributed by atoms with van der Waals surface area (Å²) in [5.74, 6) is 4.13. The minimum atomic E-state index is -0.985. The molecule has 2 amide bonds. The molecule has 0 aliphatic carbocycles. The van der Waals surface area contributed by atoms with Crippen LogP contribution in [0.5, 0.6) is 0 Å². The van der Waals surface area contributed by atoms with Crippen LogP contribution in [0.25, 0.3) is 0 Å². The fraction of sp³-hybridized carbons (Fsp3) is 0.450. The first-order valence-electron chi connectivity index (χ1n) is 8.75. The Hall–Kier alpha value is -3.01.